The van der Waals surface area contributed by atoms with Crippen molar-refractivity contribution in [2.45, 2.75) is 38.3 Å². The highest BCUT2D eigenvalue weighted by Crippen LogP contribution is 2.46. The second-order valence-electron chi connectivity index (χ2n) is 7.39. The summed E-state index contributed by atoms with van der Waals surface area (Å²) in [6, 6.07) is 4.35. The second kappa shape index (κ2) is 6.91. The van der Waals surface area contributed by atoms with Gasteiger partial charge in [-0.1, -0.05) is 15.9 Å². The van der Waals surface area contributed by atoms with E-state index in [4.69, 9.17) is 9.47 Å². The van der Waals surface area contributed by atoms with Crippen LogP contribution in [0.3, 0.4) is 0 Å². The smallest absolute Gasteiger partial charge is 0.257 e. The van der Waals surface area contributed by atoms with Gasteiger partial charge in [-0.05, 0) is 48.7 Å². The van der Waals surface area contributed by atoms with E-state index in [2.05, 4.69) is 15.9 Å². The molecule has 2 heterocycles. The summed E-state index contributed by atoms with van der Waals surface area (Å²) in [5, 5.41) is 0. The van der Waals surface area contributed by atoms with E-state index in [9.17, 15) is 17.6 Å². The van der Waals surface area contributed by atoms with Gasteiger partial charge in [0.05, 0.1) is 12.6 Å². The largest absolute Gasteiger partial charge is 0.454 e. The summed E-state index contributed by atoms with van der Waals surface area (Å²) in [5.74, 6) is -3.61. The van der Waals surface area contributed by atoms with E-state index in [0.717, 1.165) is 24.6 Å². The number of nitrogens with zero attached hydrogens (tertiary/aromatic N) is 1. The van der Waals surface area contributed by atoms with E-state index >= 15 is 0 Å². The molecule has 28 heavy (non-hydrogen) atoms. The van der Waals surface area contributed by atoms with Crippen molar-refractivity contribution in [1.82, 2.24) is 4.90 Å². The highest BCUT2D eigenvalue weighted by atomic mass is 79.9. The van der Waals surface area contributed by atoms with Gasteiger partial charge in [0, 0.05) is 23.0 Å². The lowest BCUT2D eigenvalue weighted by Gasteiger charge is -2.43. The fourth-order valence-corrected chi connectivity index (χ4v) is 4.41. The highest BCUT2D eigenvalue weighted by molar-refractivity contribution is 9.10. The number of alkyl halides is 2. The Hall–Kier alpha value is -1.80. The van der Waals surface area contributed by atoms with Crippen molar-refractivity contribution < 1.29 is 27.0 Å². The predicted molar refractivity (Wildman–Crippen MR) is 99.0 cm³/mol. The molecule has 3 nitrogen and oxygen atoms in total. The number of rotatable bonds is 3. The average molecular weight is 460 g/mol. The van der Waals surface area contributed by atoms with Gasteiger partial charge in [0.2, 0.25) is 6.79 Å². The fourth-order valence-electron chi connectivity index (χ4n) is 4.00. The minimum absolute atomic E-state index is 0.0518. The molecule has 8 heteroatoms. The van der Waals surface area contributed by atoms with Crippen LogP contribution in [0.5, 0.6) is 11.5 Å². The lowest BCUT2D eigenvalue weighted by atomic mass is 9.84. The maximum absolute atomic E-state index is 14.9. The number of hydrogen-bond donors (Lipinski definition) is 0. The lowest BCUT2D eigenvalue weighted by Crippen LogP contribution is -2.47. The zero-order valence-corrected chi connectivity index (χ0v) is 16.8. The van der Waals surface area contributed by atoms with Crippen molar-refractivity contribution in [3.05, 3.63) is 57.1 Å². The van der Waals surface area contributed by atoms with Crippen LogP contribution in [0.4, 0.5) is 17.6 Å². The van der Waals surface area contributed by atoms with Gasteiger partial charge in [-0.2, -0.15) is 0 Å². The van der Waals surface area contributed by atoms with Crippen molar-refractivity contribution in [1.29, 1.82) is 0 Å². The van der Waals surface area contributed by atoms with Crippen molar-refractivity contribution in [3.8, 4) is 11.5 Å². The van der Waals surface area contributed by atoms with Crippen molar-refractivity contribution in [2.75, 3.05) is 13.3 Å². The molecule has 0 aromatic heterocycles. The Kier molecular flexibility index (Phi) is 4.82. The van der Waals surface area contributed by atoms with Gasteiger partial charge in [-0.15, -0.1) is 0 Å². The first-order valence-corrected chi connectivity index (χ1v) is 9.64. The third kappa shape index (κ3) is 3.48. The summed E-state index contributed by atoms with van der Waals surface area (Å²) in [7, 11) is 0. The maximum Gasteiger partial charge on any atom is 0.257 e. The summed E-state index contributed by atoms with van der Waals surface area (Å²) in [6.45, 7) is 2.01. The molecule has 2 atom stereocenters. The predicted octanol–water partition coefficient (Wildman–Crippen LogP) is 5.45. The number of benzene rings is 2. The lowest BCUT2D eigenvalue weighted by molar-refractivity contribution is -0.0371. The standard InChI is InChI=1S/C20H18BrF4NO2/c1-10-3-11-4-16-17(28-9-27-16)7-13(11)19(26(10)8-20(2,24)25)18-14(22)5-12(21)6-15(18)23/h4-7,10,19H,3,8-9H2,1-2H3/t10-,19+/m1/s1. The molecule has 0 unspecified atom stereocenters. The molecule has 0 saturated heterocycles. The van der Waals surface area contributed by atoms with Crippen molar-refractivity contribution in [2.24, 2.45) is 0 Å². The molecule has 0 saturated carbocycles. The van der Waals surface area contributed by atoms with E-state index < -0.39 is 30.1 Å². The molecule has 0 amide bonds. The number of halogens is 5. The molecule has 2 aromatic rings. The summed E-state index contributed by atoms with van der Waals surface area (Å²) in [5.41, 5.74) is 1.10. The van der Waals surface area contributed by atoms with E-state index in [1.807, 2.05) is 0 Å². The maximum atomic E-state index is 14.9. The quantitative estimate of drug-likeness (QED) is 0.569. The molecule has 2 aliphatic heterocycles. The first-order chi connectivity index (χ1) is 13.1. The molecule has 150 valence electrons. The molecular weight excluding hydrogens is 442 g/mol. The Balaban J connectivity index is 1.93. The summed E-state index contributed by atoms with van der Waals surface area (Å²) in [6.07, 6.45) is 0.457. The van der Waals surface area contributed by atoms with Crippen LogP contribution >= 0.6 is 15.9 Å². The van der Waals surface area contributed by atoms with E-state index in [1.165, 1.54) is 4.90 Å². The monoisotopic (exact) mass is 459 g/mol. The Morgan fingerprint density at radius 2 is 1.71 bits per heavy atom. The van der Waals surface area contributed by atoms with Crippen LogP contribution in [0.2, 0.25) is 0 Å². The van der Waals surface area contributed by atoms with Gasteiger partial charge < -0.3 is 9.47 Å². The SMILES string of the molecule is C[C@@H]1Cc2cc3c(cc2[C@@H](c2c(F)cc(Br)cc2F)N1CC(C)(F)F)OCO3. The Morgan fingerprint density at radius 1 is 1.11 bits per heavy atom. The molecule has 0 N–H and O–H groups in total. The highest BCUT2D eigenvalue weighted by Gasteiger charge is 2.41. The zero-order chi connectivity index (χ0) is 20.2. The third-order valence-corrected chi connectivity index (χ3v) is 5.58. The molecular formula is C20H18BrF4NO2. The molecule has 0 fully saturated rings. The fraction of sp³-hybridized carbons (Fsp3) is 0.400. The molecule has 2 aromatic carbocycles. The summed E-state index contributed by atoms with van der Waals surface area (Å²) >= 11 is 3.07. The van der Waals surface area contributed by atoms with E-state index in [0.29, 0.717) is 23.5 Å². The number of ether oxygens (including phenoxy) is 2. The molecule has 0 spiro atoms. The van der Waals surface area contributed by atoms with Gasteiger partial charge in [0.25, 0.3) is 5.92 Å². The third-order valence-electron chi connectivity index (χ3n) is 5.12. The van der Waals surface area contributed by atoms with Crippen LogP contribution in [0.25, 0.3) is 0 Å². The number of hydrogen-bond acceptors (Lipinski definition) is 3. The molecule has 0 aliphatic carbocycles. The van der Waals surface area contributed by atoms with Gasteiger partial charge in [-0.25, -0.2) is 17.6 Å². The molecule has 2 aliphatic rings. The second-order valence-corrected chi connectivity index (χ2v) is 8.30. The summed E-state index contributed by atoms with van der Waals surface area (Å²) in [4.78, 5) is 1.46. The Morgan fingerprint density at radius 3 is 2.32 bits per heavy atom. The molecule has 0 bridgehead atoms. The minimum Gasteiger partial charge on any atom is -0.454 e. The van der Waals surface area contributed by atoms with Crippen LogP contribution in [0, 0.1) is 11.6 Å². The van der Waals surface area contributed by atoms with Crippen LogP contribution in [0.15, 0.2) is 28.7 Å². The van der Waals surface area contributed by atoms with Gasteiger partial charge in [0.15, 0.2) is 11.5 Å². The van der Waals surface area contributed by atoms with Crippen LogP contribution in [0.1, 0.15) is 36.6 Å². The Bertz CT molecular complexity index is 908. The van der Waals surface area contributed by atoms with Crippen LogP contribution < -0.4 is 9.47 Å². The minimum atomic E-state index is -3.03. The zero-order valence-electron chi connectivity index (χ0n) is 15.2. The van der Waals surface area contributed by atoms with Gasteiger partial charge >= 0.3 is 0 Å². The topological polar surface area (TPSA) is 21.7 Å². The average Bonchev–Trinajstić information content (AvgIpc) is 3.01. The van der Waals surface area contributed by atoms with E-state index in [-0.39, 0.29) is 22.9 Å². The first kappa shape index (κ1) is 19.5. The van der Waals surface area contributed by atoms with Gasteiger partial charge in [-0.3, -0.25) is 4.90 Å². The van der Waals surface area contributed by atoms with Crippen molar-refractivity contribution in [3.63, 3.8) is 0 Å². The molecule has 0 radical (unpaired) electrons. The number of fused-ring (bicyclic) bond motifs is 2. The first-order valence-electron chi connectivity index (χ1n) is 8.84. The normalized spacial score (nSPS) is 21.7. The Labute approximate surface area is 168 Å². The van der Waals surface area contributed by atoms with E-state index in [1.54, 1.807) is 19.1 Å². The summed E-state index contributed by atoms with van der Waals surface area (Å²) < 4.78 is 68.7. The molecule has 4 rings (SSSR count). The van der Waals surface area contributed by atoms with Crippen molar-refractivity contribution >= 4 is 15.9 Å². The van der Waals surface area contributed by atoms with Crippen LogP contribution in [-0.2, 0) is 6.42 Å². The van der Waals surface area contributed by atoms with Crippen LogP contribution in [-0.4, -0.2) is 30.2 Å². The van der Waals surface area contributed by atoms with Gasteiger partial charge in [0.1, 0.15) is 11.6 Å².